The van der Waals surface area contributed by atoms with Gasteiger partial charge in [-0.3, -0.25) is 29.5 Å². The van der Waals surface area contributed by atoms with Crippen LogP contribution in [-0.4, -0.2) is 62.6 Å². The van der Waals surface area contributed by atoms with Gasteiger partial charge in [0, 0.05) is 49.2 Å². The lowest BCUT2D eigenvalue weighted by molar-refractivity contribution is -0.182. The fourth-order valence-electron chi connectivity index (χ4n) is 5.99. The molecule has 0 radical (unpaired) electrons. The van der Waals surface area contributed by atoms with Gasteiger partial charge in [0.25, 0.3) is 11.8 Å². The molecule has 0 bridgehead atoms. The number of rotatable bonds is 6. The van der Waals surface area contributed by atoms with Crippen LogP contribution in [0.4, 0.5) is 4.39 Å². The second-order valence-electron chi connectivity index (χ2n) is 11.8. The normalized spacial score (nSPS) is 24.5. The Labute approximate surface area is 226 Å². The molecular weight excluding hydrogens is 505 g/mol. The number of fused-ring (bicyclic) bond motifs is 1. The highest BCUT2D eigenvalue weighted by atomic mass is 19.1. The second-order valence-corrected chi connectivity index (χ2v) is 11.8. The molecule has 2 saturated heterocycles. The Kier molecular flexibility index (Phi) is 6.77. The Morgan fingerprint density at radius 3 is 2.49 bits per heavy atom. The number of nitrogens with zero attached hydrogens (tertiary/aromatic N) is 2. The van der Waals surface area contributed by atoms with Gasteiger partial charge in [-0.25, -0.2) is 4.39 Å². The molecule has 2 fully saturated rings. The summed E-state index contributed by atoms with van der Waals surface area (Å²) in [4.78, 5) is 40.5. The van der Waals surface area contributed by atoms with Gasteiger partial charge in [-0.05, 0) is 57.5 Å². The minimum absolute atomic E-state index is 0.0658. The van der Waals surface area contributed by atoms with Crippen LogP contribution in [-0.2, 0) is 34.0 Å². The maximum atomic E-state index is 14.8. The van der Waals surface area contributed by atoms with Crippen molar-refractivity contribution in [1.82, 2.24) is 15.1 Å². The number of amides is 3. The van der Waals surface area contributed by atoms with E-state index in [0.717, 1.165) is 23.6 Å². The van der Waals surface area contributed by atoms with E-state index in [2.05, 4.69) is 37.9 Å². The highest BCUT2D eigenvalue weighted by molar-refractivity contribution is 6.06. The number of imide groups is 1. The Balaban J connectivity index is 1.31. The highest BCUT2D eigenvalue weighted by Gasteiger charge is 2.51. The first-order chi connectivity index (χ1) is 18.3. The minimum atomic E-state index is -2.13. The Bertz CT molecular complexity index is 1330. The second kappa shape index (κ2) is 9.69. The topological polar surface area (TPSA) is 108 Å². The van der Waals surface area contributed by atoms with Crippen LogP contribution in [0.3, 0.4) is 0 Å². The quantitative estimate of drug-likeness (QED) is 0.544. The van der Waals surface area contributed by atoms with Crippen molar-refractivity contribution >= 4 is 17.7 Å². The van der Waals surface area contributed by atoms with Crippen LogP contribution >= 0.6 is 0 Å². The molecule has 3 aliphatic heterocycles. The van der Waals surface area contributed by atoms with E-state index in [0.29, 0.717) is 23.4 Å². The number of carbonyl (C=O) groups excluding carboxylic acids is 3. The van der Waals surface area contributed by atoms with Gasteiger partial charge in [0.05, 0.1) is 17.7 Å². The monoisotopic (exact) mass is 539 g/mol. The molecule has 2 N–H and O–H groups in total. The van der Waals surface area contributed by atoms with Crippen molar-refractivity contribution in [2.24, 2.45) is 0 Å². The predicted molar refractivity (Wildman–Crippen MR) is 139 cm³/mol. The number of nitrogens with one attached hydrogen (secondary N) is 1. The lowest BCUT2D eigenvalue weighted by atomic mass is 9.98. The highest BCUT2D eigenvalue weighted by Crippen LogP contribution is 2.37. The SMILES string of the molecule is CC1(C)CN(Cc2ccc(F)c(COc3cccc4c3CN(C3(O)CCC(=O)NC3=O)C4=O)c2)CC(C)(C)O1. The maximum absolute atomic E-state index is 14.8. The summed E-state index contributed by atoms with van der Waals surface area (Å²) in [5.74, 6) is -1.99. The lowest BCUT2D eigenvalue weighted by Crippen LogP contribution is -2.63. The third-order valence-corrected chi connectivity index (χ3v) is 7.35. The molecule has 3 amide bonds. The summed E-state index contributed by atoms with van der Waals surface area (Å²) in [6, 6.07) is 9.89. The zero-order chi connectivity index (χ0) is 28.2. The van der Waals surface area contributed by atoms with Crippen LogP contribution in [0.15, 0.2) is 36.4 Å². The number of aliphatic hydroxyl groups is 1. The molecular formula is C29H34FN3O6. The van der Waals surface area contributed by atoms with Crippen molar-refractivity contribution < 1.29 is 33.4 Å². The largest absolute Gasteiger partial charge is 0.488 e. The number of ether oxygens (including phenoxy) is 2. The van der Waals surface area contributed by atoms with Crippen molar-refractivity contribution in [3.05, 3.63) is 64.5 Å². The Morgan fingerprint density at radius 2 is 1.79 bits per heavy atom. The number of hydrogen-bond donors (Lipinski definition) is 2. The standard InChI is InChI=1S/C29H34FN3O6/c1-27(2)16-32(17-28(3,4)39-27)13-18-8-9-22(30)19(12-18)15-38-23-7-5-6-20-21(23)14-33(25(20)35)29(37)11-10-24(34)31-26(29)36/h5-9,12,37H,10-11,13-17H2,1-4H3,(H,31,34,36). The first-order valence-corrected chi connectivity index (χ1v) is 13.1. The molecule has 0 aromatic heterocycles. The summed E-state index contributed by atoms with van der Waals surface area (Å²) < 4.78 is 26.9. The average Bonchev–Trinajstić information content (AvgIpc) is 3.18. The van der Waals surface area contributed by atoms with Crippen molar-refractivity contribution in [1.29, 1.82) is 0 Å². The van der Waals surface area contributed by atoms with E-state index < -0.39 is 29.3 Å². The summed E-state index contributed by atoms with van der Waals surface area (Å²) >= 11 is 0. The van der Waals surface area contributed by atoms with Crippen LogP contribution in [0.2, 0.25) is 0 Å². The fraction of sp³-hybridized carbons (Fsp3) is 0.483. The molecule has 1 atom stereocenters. The molecule has 0 saturated carbocycles. The number of carbonyl (C=O) groups is 3. The van der Waals surface area contributed by atoms with Gasteiger partial charge in [-0.1, -0.05) is 12.1 Å². The summed E-state index contributed by atoms with van der Waals surface area (Å²) in [5.41, 5.74) is -0.622. The first-order valence-electron chi connectivity index (χ1n) is 13.1. The summed E-state index contributed by atoms with van der Waals surface area (Å²) in [7, 11) is 0. The zero-order valence-corrected chi connectivity index (χ0v) is 22.7. The molecule has 1 unspecified atom stereocenters. The smallest absolute Gasteiger partial charge is 0.279 e. The van der Waals surface area contributed by atoms with Crippen molar-refractivity contribution in [2.75, 3.05) is 13.1 Å². The molecule has 9 nitrogen and oxygen atoms in total. The molecule has 39 heavy (non-hydrogen) atoms. The molecule has 208 valence electrons. The van der Waals surface area contributed by atoms with E-state index in [-0.39, 0.29) is 42.8 Å². The molecule has 0 aliphatic carbocycles. The average molecular weight is 540 g/mol. The number of morpholine rings is 1. The van der Waals surface area contributed by atoms with Crippen LogP contribution in [0.5, 0.6) is 5.75 Å². The van der Waals surface area contributed by atoms with E-state index in [1.54, 1.807) is 30.3 Å². The molecule has 3 heterocycles. The van der Waals surface area contributed by atoms with E-state index in [1.165, 1.54) is 6.07 Å². The minimum Gasteiger partial charge on any atom is -0.488 e. The van der Waals surface area contributed by atoms with Crippen molar-refractivity contribution in [2.45, 2.75) is 77.2 Å². The lowest BCUT2D eigenvalue weighted by Gasteiger charge is -2.47. The van der Waals surface area contributed by atoms with E-state index in [4.69, 9.17) is 9.47 Å². The molecule has 3 aliphatic rings. The van der Waals surface area contributed by atoms with E-state index in [1.807, 2.05) is 0 Å². The summed E-state index contributed by atoms with van der Waals surface area (Å²) in [5, 5.41) is 13.1. The molecule has 0 spiro atoms. The first kappa shape index (κ1) is 27.2. The molecule has 5 rings (SSSR count). The van der Waals surface area contributed by atoms with E-state index in [9.17, 15) is 23.9 Å². The van der Waals surface area contributed by atoms with Crippen LogP contribution < -0.4 is 10.1 Å². The fourth-order valence-corrected chi connectivity index (χ4v) is 5.99. The van der Waals surface area contributed by atoms with E-state index >= 15 is 0 Å². The van der Waals surface area contributed by atoms with Crippen LogP contribution in [0.25, 0.3) is 0 Å². The molecule has 2 aromatic rings. The zero-order valence-electron chi connectivity index (χ0n) is 22.7. The van der Waals surface area contributed by atoms with Gasteiger partial charge in [-0.15, -0.1) is 0 Å². The maximum Gasteiger partial charge on any atom is 0.279 e. The molecule has 2 aromatic carbocycles. The predicted octanol–water partition coefficient (Wildman–Crippen LogP) is 2.88. The third-order valence-electron chi connectivity index (χ3n) is 7.35. The van der Waals surface area contributed by atoms with Gasteiger partial charge in [0.15, 0.2) is 0 Å². The summed E-state index contributed by atoms with van der Waals surface area (Å²) in [6.07, 6.45) is -0.274. The van der Waals surface area contributed by atoms with Crippen molar-refractivity contribution in [3.63, 3.8) is 0 Å². The Hall–Kier alpha value is -3.34. The van der Waals surface area contributed by atoms with Gasteiger partial charge >= 0.3 is 0 Å². The van der Waals surface area contributed by atoms with Gasteiger partial charge < -0.3 is 14.6 Å². The van der Waals surface area contributed by atoms with Crippen LogP contribution in [0.1, 0.15) is 67.6 Å². The van der Waals surface area contributed by atoms with Gasteiger partial charge in [0.2, 0.25) is 11.6 Å². The van der Waals surface area contributed by atoms with Gasteiger partial charge in [0.1, 0.15) is 18.2 Å². The third kappa shape index (κ3) is 5.41. The summed E-state index contributed by atoms with van der Waals surface area (Å²) in [6.45, 7) is 10.2. The van der Waals surface area contributed by atoms with Crippen LogP contribution in [0, 0.1) is 5.82 Å². The Morgan fingerprint density at radius 1 is 1.08 bits per heavy atom. The number of halogens is 1. The van der Waals surface area contributed by atoms with Gasteiger partial charge in [-0.2, -0.15) is 0 Å². The number of hydrogen-bond acceptors (Lipinski definition) is 7. The number of benzene rings is 2. The van der Waals surface area contributed by atoms with Crippen molar-refractivity contribution in [3.8, 4) is 5.75 Å². The number of piperidine rings is 1. The molecule has 10 heteroatoms.